The van der Waals surface area contributed by atoms with Gasteiger partial charge < -0.3 is 0 Å². The smallest absolute Gasteiger partial charge is 0.164 e. The molecule has 0 amide bonds. The Kier molecular flexibility index (Phi) is 3.73. The lowest BCUT2D eigenvalue weighted by molar-refractivity contribution is 0.966. The number of hydrogen-bond acceptors (Lipinski definition) is 3. The van der Waals surface area contributed by atoms with E-state index in [1.54, 1.807) is 28.8 Å². The summed E-state index contributed by atoms with van der Waals surface area (Å²) in [6, 6.07) is 8.83. The number of rotatable bonds is 2. The van der Waals surface area contributed by atoms with Crippen molar-refractivity contribution in [1.82, 2.24) is 14.5 Å². The minimum atomic E-state index is 0.172. The molecule has 0 spiro atoms. The summed E-state index contributed by atoms with van der Waals surface area (Å²) < 4.78 is 1.73. The highest BCUT2D eigenvalue weighted by Crippen LogP contribution is 2.27. The largest absolute Gasteiger partial charge is 0.278 e. The van der Waals surface area contributed by atoms with E-state index in [1.165, 1.54) is 6.20 Å². The van der Waals surface area contributed by atoms with Crippen LogP contribution in [-0.2, 0) is 5.88 Å². The average Bonchev–Trinajstić information content (AvgIpc) is 2.84. The van der Waals surface area contributed by atoms with Gasteiger partial charge in [-0.25, -0.2) is 9.97 Å². The Labute approximate surface area is 135 Å². The molecule has 0 aliphatic heterocycles. The highest BCUT2D eigenvalue weighted by molar-refractivity contribution is 6.31. The van der Waals surface area contributed by atoms with Gasteiger partial charge in [0.1, 0.15) is 17.4 Å². The van der Waals surface area contributed by atoms with Gasteiger partial charge in [0.15, 0.2) is 5.65 Å². The molecule has 0 saturated carbocycles. The Morgan fingerprint density at radius 3 is 2.71 bits per heavy atom. The van der Waals surface area contributed by atoms with Crippen LogP contribution >= 0.6 is 34.8 Å². The third-order valence-electron chi connectivity index (χ3n) is 2.97. The summed E-state index contributed by atoms with van der Waals surface area (Å²) in [6.45, 7) is 0. The third-order valence-corrected chi connectivity index (χ3v) is 3.65. The molecule has 4 nitrogen and oxygen atoms in total. The third kappa shape index (κ3) is 2.44. The summed E-state index contributed by atoms with van der Waals surface area (Å²) in [7, 11) is 0. The zero-order chi connectivity index (χ0) is 15.0. The van der Waals surface area contributed by atoms with E-state index in [4.69, 9.17) is 34.8 Å². The van der Waals surface area contributed by atoms with E-state index in [9.17, 15) is 5.26 Å². The van der Waals surface area contributed by atoms with Gasteiger partial charge in [-0.3, -0.25) is 4.57 Å². The topological polar surface area (TPSA) is 54.5 Å². The Balaban J connectivity index is 2.39. The Morgan fingerprint density at radius 2 is 2.00 bits per heavy atom. The Morgan fingerprint density at radius 1 is 1.19 bits per heavy atom. The fraction of sp³-hybridized carbons (Fsp3) is 0.0714. The number of aromatic nitrogens is 3. The van der Waals surface area contributed by atoms with E-state index in [2.05, 4.69) is 16.0 Å². The Bertz CT molecular complexity index is 880. The molecule has 7 heteroatoms. The molecule has 3 rings (SSSR count). The second-order valence-electron chi connectivity index (χ2n) is 4.27. The first-order valence-electron chi connectivity index (χ1n) is 5.93. The molecule has 21 heavy (non-hydrogen) atoms. The molecule has 1 aromatic carbocycles. The van der Waals surface area contributed by atoms with Gasteiger partial charge in [-0.05, 0) is 24.3 Å². The molecule has 0 atom stereocenters. The number of alkyl halides is 1. The summed E-state index contributed by atoms with van der Waals surface area (Å²) in [4.78, 5) is 8.69. The lowest BCUT2D eigenvalue weighted by Crippen LogP contribution is -2.03. The fourth-order valence-corrected chi connectivity index (χ4v) is 2.61. The molecule has 3 aromatic rings. The summed E-state index contributed by atoms with van der Waals surface area (Å²) in [5.74, 6) is 0.742. The summed E-state index contributed by atoms with van der Waals surface area (Å²) >= 11 is 17.9. The van der Waals surface area contributed by atoms with Crippen LogP contribution in [0.1, 0.15) is 11.4 Å². The number of nitriles is 1. The van der Waals surface area contributed by atoms with Crippen LogP contribution in [0.3, 0.4) is 0 Å². The minimum Gasteiger partial charge on any atom is -0.278 e. The van der Waals surface area contributed by atoms with E-state index in [1.807, 2.05) is 0 Å². The van der Waals surface area contributed by atoms with Crippen LogP contribution < -0.4 is 0 Å². The van der Waals surface area contributed by atoms with Crippen molar-refractivity contribution in [3.8, 4) is 11.8 Å². The number of benzene rings is 1. The van der Waals surface area contributed by atoms with Crippen LogP contribution in [0.2, 0.25) is 10.0 Å². The predicted molar refractivity (Wildman–Crippen MR) is 83.2 cm³/mol. The van der Waals surface area contributed by atoms with Crippen molar-refractivity contribution in [1.29, 1.82) is 5.26 Å². The normalized spacial score (nSPS) is 10.8. The van der Waals surface area contributed by atoms with Crippen molar-refractivity contribution in [3.05, 3.63) is 51.9 Å². The van der Waals surface area contributed by atoms with Gasteiger partial charge in [0, 0.05) is 11.2 Å². The molecular formula is C14H7Cl3N4. The van der Waals surface area contributed by atoms with Crippen molar-refractivity contribution in [2.75, 3.05) is 0 Å². The number of imidazole rings is 1. The van der Waals surface area contributed by atoms with E-state index in [-0.39, 0.29) is 5.88 Å². The Hall–Kier alpha value is -1.80. The summed E-state index contributed by atoms with van der Waals surface area (Å²) in [6.07, 6.45) is 1.52. The van der Waals surface area contributed by atoms with E-state index >= 15 is 0 Å². The van der Waals surface area contributed by atoms with Crippen LogP contribution in [0.15, 0.2) is 30.5 Å². The molecule has 0 saturated heterocycles. The van der Waals surface area contributed by atoms with E-state index < -0.39 is 0 Å². The lowest BCUT2D eigenvalue weighted by Gasteiger charge is -2.09. The first-order chi connectivity index (χ1) is 10.1. The van der Waals surface area contributed by atoms with Crippen molar-refractivity contribution in [2.45, 2.75) is 5.88 Å². The number of nitrogens with zero attached hydrogens (tertiary/aromatic N) is 4. The number of fused-ring (bicyclic) bond motifs is 1. The number of hydrogen-bond donors (Lipinski definition) is 0. The molecule has 0 N–H and O–H groups in total. The quantitative estimate of drug-likeness (QED) is 0.654. The van der Waals surface area contributed by atoms with E-state index in [0.29, 0.717) is 38.3 Å². The molecular weight excluding hydrogens is 331 g/mol. The van der Waals surface area contributed by atoms with Crippen LogP contribution in [0, 0.1) is 11.3 Å². The zero-order valence-corrected chi connectivity index (χ0v) is 12.8. The van der Waals surface area contributed by atoms with Crippen molar-refractivity contribution >= 4 is 46.0 Å². The van der Waals surface area contributed by atoms with Gasteiger partial charge in [0.25, 0.3) is 0 Å². The van der Waals surface area contributed by atoms with Crippen LogP contribution in [0.5, 0.6) is 0 Å². The fourth-order valence-electron chi connectivity index (χ4n) is 2.11. The van der Waals surface area contributed by atoms with Crippen molar-refractivity contribution in [3.63, 3.8) is 0 Å². The first-order valence-corrected chi connectivity index (χ1v) is 7.22. The summed E-state index contributed by atoms with van der Waals surface area (Å²) in [5.41, 5.74) is 2.25. The molecule has 0 bridgehead atoms. The predicted octanol–water partition coefficient (Wildman–Crippen LogP) is 4.34. The summed E-state index contributed by atoms with van der Waals surface area (Å²) in [5, 5.41) is 10.3. The van der Waals surface area contributed by atoms with Gasteiger partial charge >= 0.3 is 0 Å². The molecule has 2 aromatic heterocycles. The monoisotopic (exact) mass is 336 g/mol. The van der Waals surface area contributed by atoms with E-state index in [0.717, 1.165) is 0 Å². The molecule has 0 radical (unpaired) electrons. The van der Waals surface area contributed by atoms with Crippen LogP contribution in [0.4, 0.5) is 0 Å². The molecule has 104 valence electrons. The molecule has 0 unspecified atom stereocenters. The van der Waals surface area contributed by atoms with Crippen LogP contribution in [0.25, 0.3) is 16.9 Å². The molecule has 2 heterocycles. The highest BCUT2D eigenvalue weighted by Gasteiger charge is 2.16. The van der Waals surface area contributed by atoms with Gasteiger partial charge in [0.05, 0.1) is 22.2 Å². The first kappa shape index (κ1) is 14.2. The minimum absolute atomic E-state index is 0.172. The van der Waals surface area contributed by atoms with Gasteiger partial charge in [-0.15, -0.1) is 11.6 Å². The maximum absolute atomic E-state index is 9.29. The lowest BCUT2D eigenvalue weighted by atomic mass is 10.2. The average molecular weight is 338 g/mol. The van der Waals surface area contributed by atoms with Gasteiger partial charge in [-0.2, -0.15) is 5.26 Å². The standard InChI is InChI=1S/C14H7Cl3N4/c15-5-13-20-11-3-10(17)7-19-14(11)21(13)12-4-9(16)2-1-8(12)6-18/h1-4,7H,5H2. The second-order valence-corrected chi connectivity index (χ2v) is 5.41. The maximum atomic E-state index is 9.29. The molecule has 0 fully saturated rings. The second kappa shape index (κ2) is 5.53. The van der Waals surface area contributed by atoms with Gasteiger partial charge in [0.2, 0.25) is 0 Å². The molecule has 0 aliphatic rings. The SMILES string of the molecule is N#Cc1ccc(Cl)cc1-n1c(CCl)nc2cc(Cl)cnc21. The zero-order valence-electron chi connectivity index (χ0n) is 10.5. The maximum Gasteiger partial charge on any atom is 0.164 e. The van der Waals surface area contributed by atoms with Gasteiger partial charge in [-0.1, -0.05) is 23.2 Å². The number of pyridine rings is 1. The molecule has 0 aliphatic carbocycles. The van der Waals surface area contributed by atoms with Crippen molar-refractivity contribution in [2.24, 2.45) is 0 Å². The van der Waals surface area contributed by atoms with Crippen LogP contribution in [-0.4, -0.2) is 14.5 Å². The number of halogens is 3. The van der Waals surface area contributed by atoms with Crippen molar-refractivity contribution < 1.29 is 0 Å². The highest BCUT2D eigenvalue weighted by atomic mass is 35.5.